The van der Waals surface area contributed by atoms with Gasteiger partial charge in [-0.05, 0) is 182 Å². The van der Waals surface area contributed by atoms with Crippen LogP contribution in [-0.4, -0.2) is 6.85 Å². The Bertz CT molecular complexity index is 3210. The van der Waals surface area contributed by atoms with Crippen molar-refractivity contribution in [1.82, 2.24) is 0 Å². The van der Waals surface area contributed by atoms with Crippen LogP contribution in [0, 0.1) is 6.92 Å². The van der Waals surface area contributed by atoms with Crippen LogP contribution in [0.5, 0.6) is 0 Å². The number of anilines is 5. The summed E-state index contributed by atoms with van der Waals surface area (Å²) in [5, 5.41) is 2.34. The fourth-order valence-electron chi connectivity index (χ4n) is 13.4. The molecule has 1 aromatic heterocycles. The van der Waals surface area contributed by atoms with Gasteiger partial charge in [0.15, 0.2) is 5.58 Å². The van der Waals surface area contributed by atoms with E-state index in [4.69, 9.17) is 4.42 Å². The smallest absolute Gasteiger partial charge is 0.333 e. The molecule has 330 valence electrons. The van der Waals surface area contributed by atoms with Crippen LogP contribution in [0.4, 0.5) is 28.4 Å². The Morgan fingerprint density at radius 2 is 0.985 bits per heavy atom. The van der Waals surface area contributed by atoms with Gasteiger partial charge in [0.05, 0.1) is 5.69 Å². The normalized spacial score (nSPS) is 21.0. The Labute approximate surface area is 388 Å². The number of fused-ring (bicyclic) bond motifs is 11. The lowest BCUT2D eigenvalue weighted by atomic mass is 9.42. The first-order valence-corrected chi connectivity index (χ1v) is 24.8. The van der Waals surface area contributed by atoms with E-state index >= 15 is 0 Å². The van der Waals surface area contributed by atoms with Crippen LogP contribution in [0.15, 0.2) is 101 Å². The predicted octanol–water partition coefficient (Wildman–Crippen LogP) is 15.6. The van der Waals surface area contributed by atoms with Crippen LogP contribution < -0.4 is 20.6 Å². The Kier molecular flexibility index (Phi) is 8.26. The number of benzene rings is 6. The molecule has 0 fully saturated rings. The molecule has 0 saturated heterocycles. The van der Waals surface area contributed by atoms with Crippen molar-refractivity contribution in [3.05, 3.63) is 136 Å². The molecule has 0 radical (unpaired) electrons. The fraction of sp³-hybridized carbons (Fsp3) is 0.410. The van der Waals surface area contributed by atoms with Crippen molar-refractivity contribution in [2.24, 2.45) is 0 Å². The molecule has 65 heavy (non-hydrogen) atoms. The number of hydrogen-bond acceptors (Lipinski definition) is 3. The average Bonchev–Trinajstić information content (AvgIpc) is 3.64. The number of nitrogens with zero attached hydrogens (tertiary/aromatic N) is 2. The highest BCUT2D eigenvalue weighted by Gasteiger charge is 2.50. The summed E-state index contributed by atoms with van der Waals surface area (Å²) < 4.78 is 7.14. The Balaban J connectivity index is 1.23. The van der Waals surface area contributed by atoms with Gasteiger partial charge < -0.3 is 14.1 Å². The third-order valence-corrected chi connectivity index (χ3v) is 17.9. The number of furan rings is 1. The summed E-state index contributed by atoms with van der Waals surface area (Å²) >= 11 is 0. The lowest BCUT2D eigenvalue weighted by Gasteiger charge is -2.49. The van der Waals surface area contributed by atoms with Gasteiger partial charge in [-0.15, -0.1) is 0 Å². The minimum Gasteiger partial charge on any atom is -0.454 e. The van der Waals surface area contributed by atoms with E-state index in [0.717, 1.165) is 11.2 Å². The Hall–Kier alpha value is -5.22. The number of aryl methyl sites for hydroxylation is 1. The van der Waals surface area contributed by atoms with E-state index < -0.39 is 0 Å². The van der Waals surface area contributed by atoms with Gasteiger partial charge in [-0.3, -0.25) is 0 Å². The van der Waals surface area contributed by atoms with Crippen molar-refractivity contribution < 1.29 is 4.42 Å². The summed E-state index contributed by atoms with van der Waals surface area (Å²) in [6.45, 7) is 31.8. The molecule has 3 nitrogen and oxygen atoms in total. The van der Waals surface area contributed by atoms with Crippen LogP contribution in [0.1, 0.15) is 161 Å². The van der Waals surface area contributed by atoms with E-state index in [1.807, 2.05) is 0 Å². The lowest BCUT2D eigenvalue weighted by Crippen LogP contribution is -2.62. The fourth-order valence-corrected chi connectivity index (χ4v) is 13.4. The standard InChI is InChI=1S/C61H67BN2O/c1-36-30-42-40-20-21-41-39-16-14-15-17-52(39)65-55(41)54(40)64(38-19-23-44-46(33-38)59(8,9)27-25-57(44,4)5)62-49-34-47-48(61(12,13)29-28-60(47,10)11)35-50(49)63(51(31-36)53(42)62)37-18-22-43-45(32-37)58(6,7)26-24-56(43,2)3/h14-23,30-35H,24-29H2,1-13H3. The highest BCUT2D eigenvalue weighted by molar-refractivity contribution is 6.93. The second-order valence-corrected chi connectivity index (χ2v) is 25.0. The molecule has 0 unspecified atom stereocenters. The molecule has 3 heterocycles. The summed E-state index contributed by atoms with van der Waals surface area (Å²) in [5.41, 5.74) is 24.2. The molecule has 0 bridgehead atoms. The van der Waals surface area contributed by atoms with E-state index in [2.05, 4.69) is 197 Å². The zero-order chi connectivity index (χ0) is 45.5. The maximum atomic E-state index is 7.14. The summed E-state index contributed by atoms with van der Waals surface area (Å²) in [6.07, 6.45) is 7.08. The van der Waals surface area contributed by atoms with Crippen molar-refractivity contribution in [3.8, 4) is 11.1 Å². The highest BCUT2D eigenvalue weighted by atomic mass is 16.3. The van der Waals surface area contributed by atoms with Crippen molar-refractivity contribution in [2.75, 3.05) is 9.71 Å². The molecule has 4 heteroatoms. The first kappa shape index (κ1) is 41.2. The molecule has 0 amide bonds. The molecule has 0 N–H and O–H groups in total. The van der Waals surface area contributed by atoms with E-state index in [0.29, 0.717) is 0 Å². The van der Waals surface area contributed by atoms with Crippen molar-refractivity contribution in [2.45, 2.75) is 161 Å². The van der Waals surface area contributed by atoms with Gasteiger partial charge in [0.2, 0.25) is 0 Å². The van der Waals surface area contributed by atoms with Gasteiger partial charge in [0.25, 0.3) is 0 Å². The van der Waals surface area contributed by atoms with E-state index in [1.54, 1.807) is 0 Å². The summed E-state index contributed by atoms with van der Waals surface area (Å²) in [7, 11) is 0. The summed E-state index contributed by atoms with van der Waals surface area (Å²) in [6, 6.07) is 38.7. The SMILES string of the molecule is Cc1cc2c3c(c1)N(c1ccc4c(c1)C(C)(C)CCC4(C)C)c1cc4c(cc1B3N(c1ccc3c(c1)C(C)(C)CCC3(C)C)c1c-2ccc2c1oc1ccccc12)C(C)(C)CCC4(C)C. The zero-order valence-electron chi connectivity index (χ0n) is 41.4. The molecule has 3 aliphatic carbocycles. The number of hydrogen-bond donors (Lipinski definition) is 0. The van der Waals surface area contributed by atoms with E-state index in [1.165, 1.54) is 139 Å². The summed E-state index contributed by atoms with van der Waals surface area (Å²) in [5.74, 6) is 0. The van der Waals surface area contributed by atoms with Crippen molar-refractivity contribution in [1.29, 1.82) is 0 Å². The van der Waals surface area contributed by atoms with Crippen LogP contribution in [-0.2, 0) is 32.5 Å². The van der Waals surface area contributed by atoms with Crippen LogP contribution in [0.2, 0.25) is 0 Å². The first-order chi connectivity index (χ1) is 30.6. The number of rotatable bonds is 2. The maximum absolute atomic E-state index is 7.14. The van der Waals surface area contributed by atoms with Gasteiger partial charge in [-0.1, -0.05) is 132 Å². The van der Waals surface area contributed by atoms with E-state index in [-0.39, 0.29) is 39.3 Å². The van der Waals surface area contributed by atoms with Crippen molar-refractivity contribution >= 4 is 68.1 Å². The number of para-hydroxylation sites is 1. The van der Waals surface area contributed by atoms with E-state index in [9.17, 15) is 0 Å². The van der Waals surface area contributed by atoms with Gasteiger partial charge in [-0.25, -0.2) is 0 Å². The monoisotopic (exact) mass is 855 g/mol. The molecule has 12 rings (SSSR count). The molecule has 0 saturated carbocycles. The molecular weight excluding hydrogens is 787 g/mol. The minimum absolute atomic E-state index is 0.0351. The third-order valence-electron chi connectivity index (χ3n) is 17.9. The van der Waals surface area contributed by atoms with Gasteiger partial charge in [0, 0.05) is 39.1 Å². The van der Waals surface area contributed by atoms with Crippen LogP contribution >= 0.6 is 0 Å². The third kappa shape index (κ3) is 5.74. The molecule has 2 aliphatic heterocycles. The largest absolute Gasteiger partial charge is 0.454 e. The maximum Gasteiger partial charge on any atom is 0.333 e. The predicted molar refractivity (Wildman–Crippen MR) is 278 cm³/mol. The Morgan fingerprint density at radius 1 is 0.462 bits per heavy atom. The molecule has 6 aromatic carbocycles. The summed E-state index contributed by atoms with van der Waals surface area (Å²) in [4.78, 5) is 5.43. The molecular formula is C61H67BN2O. The minimum atomic E-state index is -0.102. The molecule has 0 spiro atoms. The van der Waals surface area contributed by atoms with Crippen molar-refractivity contribution in [3.63, 3.8) is 0 Å². The van der Waals surface area contributed by atoms with Crippen LogP contribution in [0.25, 0.3) is 33.1 Å². The highest BCUT2D eigenvalue weighted by Crippen LogP contribution is 2.56. The quantitative estimate of drug-likeness (QED) is 0.162. The average molecular weight is 855 g/mol. The van der Waals surface area contributed by atoms with Crippen LogP contribution in [0.3, 0.4) is 0 Å². The van der Waals surface area contributed by atoms with Gasteiger partial charge in [0.1, 0.15) is 5.58 Å². The van der Waals surface area contributed by atoms with Gasteiger partial charge in [-0.2, -0.15) is 0 Å². The lowest BCUT2D eigenvalue weighted by molar-refractivity contribution is 0.332. The van der Waals surface area contributed by atoms with Gasteiger partial charge >= 0.3 is 6.85 Å². The first-order valence-electron chi connectivity index (χ1n) is 24.8. The second kappa shape index (κ2) is 13.0. The molecule has 7 aromatic rings. The zero-order valence-corrected chi connectivity index (χ0v) is 41.4. The molecule has 5 aliphatic rings. The topological polar surface area (TPSA) is 19.6 Å². The second-order valence-electron chi connectivity index (χ2n) is 25.0. The Morgan fingerprint density at radius 3 is 1.60 bits per heavy atom. The molecule has 0 atom stereocenters.